The molecule has 0 radical (unpaired) electrons. The molecule has 0 aliphatic carbocycles. The van der Waals surface area contributed by atoms with Crippen molar-refractivity contribution >= 4 is 11.9 Å². The number of aliphatic hydroxyl groups excluding tert-OH is 1. The lowest BCUT2D eigenvalue weighted by molar-refractivity contribution is -0.145. The highest BCUT2D eigenvalue weighted by atomic mass is 16.6. The van der Waals surface area contributed by atoms with Crippen LogP contribution in [-0.4, -0.2) is 101 Å². The Morgan fingerprint density at radius 2 is 1.47 bits per heavy atom. The number of aliphatic hydroxyl groups is 1. The lowest BCUT2D eigenvalue weighted by Gasteiger charge is -2.31. The largest absolute Gasteiger partial charge is 0.481 e. The molecule has 0 fully saturated rings. The number of aliphatic carboxylic acids is 1. The second-order valence-corrected chi connectivity index (χ2v) is 6.93. The zero-order valence-corrected chi connectivity index (χ0v) is 17.9. The summed E-state index contributed by atoms with van der Waals surface area (Å²) >= 11 is 0. The molecular weight excluding hydrogens is 398 g/mol. The maximum atomic E-state index is 12.3. The van der Waals surface area contributed by atoms with Gasteiger partial charge in [0, 0.05) is 12.0 Å². The van der Waals surface area contributed by atoms with Crippen LogP contribution < -0.4 is 5.32 Å². The van der Waals surface area contributed by atoms with Crippen LogP contribution >= 0.6 is 0 Å². The maximum absolute atomic E-state index is 12.3. The summed E-state index contributed by atoms with van der Waals surface area (Å²) in [5, 5.41) is 20.7. The monoisotopic (exact) mass is 433 g/mol. The van der Waals surface area contributed by atoms with Crippen LogP contribution in [-0.2, 0) is 33.3 Å². The zero-order valence-electron chi connectivity index (χ0n) is 17.9. The molecule has 0 unspecified atom stereocenters. The van der Waals surface area contributed by atoms with Crippen LogP contribution in [0, 0.1) is 17.8 Å². The van der Waals surface area contributed by atoms with Crippen molar-refractivity contribution in [3.8, 4) is 12.3 Å². The molecule has 10 nitrogen and oxygen atoms in total. The van der Waals surface area contributed by atoms with E-state index >= 15 is 0 Å². The predicted molar refractivity (Wildman–Crippen MR) is 108 cm³/mol. The summed E-state index contributed by atoms with van der Waals surface area (Å²) in [5.41, 5.74) is -0.831. The van der Waals surface area contributed by atoms with Gasteiger partial charge in [-0.3, -0.25) is 9.59 Å². The molecule has 0 aromatic carbocycles. The molecule has 0 aliphatic rings. The Hall–Kier alpha value is -1.74. The third-order valence-corrected chi connectivity index (χ3v) is 3.81. The van der Waals surface area contributed by atoms with Gasteiger partial charge >= 0.3 is 5.97 Å². The van der Waals surface area contributed by atoms with Crippen LogP contribution in [0.1, 0.15) is 20.3 Å². The highest BCUT2D eigenvalue weighted by molar-refractivity contribution is 5.82. The van der Waals surface area contributed by atoms with Gasteiger partial charge in [-0.25, -0.2) is 0 Å². The number of nitrogens with one attached hydrogen (secondary N) is 1. The molecule has 30 heavy (non-hydrogen) atoms. The van der Waals surface area contributed by atoms with Gasteiger partial charge in [0.05, 0.1) is 65.9 Å². The summed E-state index contributed by atoms with van der Waals surface area (Å²) in [7, 11) is 0. The summed E-state index contributed by atoms with van der Waals surface area (Å²) in [6, 6.07) is 0. The van der Waals surface area contributed by atoms with E-state index in [0.29, 0.717) is 39.6 Å². The molecule has 0 aromatic heterocycles. The lowest BCUT2D eigenvalue weighted by atomic mass is 9.87. The SMILES string of the molecule is C#CCOCCOCCOCCOCCO[C@@H](C(=O)NCCC(=O)O)C(C)(C)CO. The van der Waals surface area contributed by atoms with Gasteiger partial charge < -0.3 is 39.2 Å². The van der Waals surface area contributed by atoms with Crippen molar-refractivity contribution in [3.63, 3.8) is 0 Å². The van der Waals surface area contributed by atoms with E-state index in [2.05, 4.69) is 11.2 Å². The molecule has 3 N–H and O–H groups in total. The van der Waals surface area contributed by atoms with E-state index in [9.17, 15) is 14.7 Å². The van der Waals surface area contributed by atoms with Gasteiger partial charge in [0.1, 0.15) is 12.7 Å². The van der Waals surface area contributed by atoms with Crippen molar-refractivity contribution in [2.45, 2.75) is 26.4 Å². The molecule has 174 valence electrons. The van der Waals surface area contributed by atoms with Crippen molar-refractivity contribution in [2.24, 2.45) is 5.41 Å². The van der Waals surface area contributed by atoms with Gasteiger partial charge in [-0.05, 0) is 0 Å². The topological polar surface area (TPSA) is 133 Å². The normalized spacial score (nSPS) is 12.3. The molecule has 0 saturated carbocycles. The second-order valence-electron chi connectivity index (χ2n) is 6.93. The summed E-state index contributed by atoms with van der Waals surface area (Å²) in [6.45, 7) is 6.26. The Balaban J connectivity index is 3.85. The Kier molecular flexibility index (Phi) is 17.0. The molecule has 0 saturated heterocycles. The van der Waals surface area contributed by atoms with Crippen LogP contribution in [0.4, 0.5) is 0 Å². The lowest BCUT2D eigenvalue weighted by Crippen LogP contribution is -2.48. The van der Waals surface area contributed by atoms with Crippen LogP contribution in [0.2, 0.25) is 0 Å². The molecule has 1 amide bonds. The minimum absolute atomic E-state index is 0.00891. The van der Waals surface area contributed by atoms with Crippen LogP contribution in [0.3, 0.4) is 0 Å². The van der Waals surface area contributed by atoms with Crippen molar-refractivity contribution < 1.29 is 43.5 Å². The second kappa shape index (κ2) is 18.1. The van der Waals surface area contributed by atoms with Gasteiger partial charge in [-0.2, -0.15) is 0 Å². The molecule has 0 aromatic rings. The third kappa shape index (κ3) is 15.1. The number of terminal acetylenes is 1. The number of carbonyl (C=O) groups excluding carboxylic acids is 1. The summed E-state index contributed by atoms with van der Waals surface area (Å²) < 4.78 is 26.7. The fraction of sp³-hybridized carbons (Fsp3) is 0.800. The summed E-state index contributed by atoms with van der Waals surface area (Å²) in [5.74, 6) is 0.887. The number of hydrogen-bond acceptors (Lipinski definition) is 8. The molecule has 1 atom stereocenters. The van der Waals surface area contributed by atoms with E-state index in [1.54, 1.807) is 13.8 Å². The van der Waals surface area contributed by atoms with E-state index in [4.69, 9.17) is 35.2 Å². The number of carboxylic acids is 1. The van der Waals surface area contributed by atoms with E-state index < -0.39 is 23.4 Å². The van der Waals surface area contributed by atoms with Crippen molar-refractivity contribution in [2.75, 3.05) is 72.6 Å². The van der Waals surface area contributed by atoms with Crippen molar-refractivity contribution in [1.29, 1.82) is 0 Å². The first kappa shape index (κ1) is 28.3. The van der Waals surface area contributed by atoms with Gasteiger partial charge in [0.25, 0.3) is 0 Å². The van der Waals surface area contributed by atoms with Crippen LogP contribution in [0.5, 0.6) is 0 Å². The minimum atomic E-state index is -1.01. The Labute approximate surface area is 178 Å². The first-order valence-corrected chi connectivity index (χ1v) is 9.81. The smallest absolute Gasteiger partial charge is 0.305 e. The van der Waals surface area contributed by atoms with Crippen molar-refractivity contribution in [1.82, 2.24) is 5.32 Å². The Morgan fingerprint density at radius 1 is 0.967 bits per heavy atom. The quantitative estimate of drug-likeness (QED) is 0.174. The number of amides is 1. The standard InChI is InChI=1S/C20H35NO9/c1-4-7-26-8-9-27-10-11-28-12-13-29-14-15-30-18(20(2,3)16-22)19(25)21-6-5-17(23)24/h1,18,22H,5-16H2,2-3H3,(H,21,25)(H,23,24)/t18-/m0/s1. The Morgan fingerprint density at radius 3 is 1.93 bits per heavy atom. The first-order chi connectivity index (χ1) is 14.3. The first-order valence-electron chi connectivity index (χ1n) is 9.81. The summed E-state index contributed by atoms with van der Waals surface area (Å²) in [4.78, 5) is 22.8. The predicted octanol–water partition coefficient (Wildman–Crippen LogP) is -0.319. The summed E-state index contributed by atoms with van der Waals surface area (Å²) in [6.07, 6.45) is 3.93. The number of hydrogen-bond donors (Lipinski definition) is 3. The average molecular weight is 433 g/mol. The van der Waals surface area contributed by atoms with Crippen LogP contribution in [0.15, 0.2) is 0 Å². The van der Waals surface area contributed by atoms with Crippen LogP contribution in [0.25, 0.3) is 0 Å². The number of carboxylic acid groups (broad SMARTS) is 1. The molecule has 0 heterocycles. The molecule has 0 bridgehead atoms. The molecule has 0 aliphatic heterocycles. The number of carbonyl (C=O) groups is 2. The maximum Gasteiger partial charge on any atom is 0.305 e. The zero-order chi connectivity index (χ0) is 22.7. The third-order valence-electron chi connectivity index (χ3n) is 3.81. The van der Waals surface area contributed by atoms with E-state index in [1.165, 1.54) is 0 Å². The molecule has 0 rings (SSSR count). The highest BCUT2D eigenvalue weighted by Gasteiger charge is 2.35. The molecule has 0 spiro atoms. The van der Waals surface area contributed by atoms with E-state index in [1.807, 2.05) is 0 Å². The molecule has 10 heteroatoms. The van der Waals surface area contributed by atoms with E-state index in [0.717, 1.165) is 0 Å². The van der Waals surface area contributed by atoms with Gasteiger partial charge in [-0.15, -0.1) is 6.42 Å². The molecular formula is C20H35NO9. The van der Waals surface area contributed by atoms with Gasteiger partial charge in [0.15, 0.2) is 0 Å². The number of ether oxygens (including phenoxy) is 5. The number of rotatable bonds is 20. The Bertz CT molecular complexity index is 505. The van der Waals surface area contributed by atoms with Crippen molar-refractivity contribution in [3.05, 3.63) is 0 Å². The fourth-order valence-electron chi connectivity index (χ4n) is 2.14. The van der Waals surface area contributed by atoms with Gasteiger partial charge in [-0.1, -0.05) is 19.8 Å². The highest BCUT2D eigenvalue weighted by Crippen LogP contribution is 2.23. The fourth-order valence-corrected chi connectivity index (χ4v) is 2.14. The van der Waals surface area contributed by atoms with E-state index in [-0.39, 0.29) is 39.4 Å². The average Bonchev–Trinajstić information content (AvgIpc) is 2.70. The minimum Gasteiger partial charge on any atom is -0.481 e. The van der Waals surface area contributed by atoms with Gasteiger partial charge in [0.2, 0.25) is 5.91 Å².